The van der Waals surface area contributed by atoms with Gasteiger partial charge in [0.2, 0.25) is 5.91 Å². The lowest BCUT2D eigenvalue weighted by molar-refractivity contribution is -0.116. The molecule has 3 rings (SSSR count). The first-order valence-corrected chi connectivity index (χ1v) is 9.93. The second-order valence-corrected chi connectivity index (χ2v) is 8.33. The summed E-state index contributed by atoms with van der Waals surface area (Å²) in [5.74, 6) is -0.0565. The Morgan fingerprint density at radius 1 is 0.964 bits per heavy atom. The van der Waals surface area contributed by atoms with Crippen LogP contribution in [-0.2, 0) is 14.9 Å². The van der Waals surface area contributed by atoms with Gasteiger partial charge >= 0.3 is 0 Å². The first-order valence-electron chi connectivity index (χ1n) is 9.93. The van der Waals surface area contributed by atoms with E-state index in [9.17, 15) is 4.79 Å². The van der Waals surface area contributed by atoms with Crippen molar-refractivity contribution < 1.29 is 9.53 Å². The molecule has 0 unspecified atom stereocenters. The summed E-state index contributed by atoms with van der Waals surface area (Å²) in [4.78, 5) is 14.8. The molecule has 1 saturated heterocycles. The van der Waals surface area contributed by atoms with Gasteiger partial charge in [-0.3, -0.25) is 4.79 Å². The molecule has 0 bridgehead atoms. The second kappa shape index (κ2) is 8.65. The zero-order valence-electron chi connectivity index (χ0n) is 17.3. The predicted molar refractivity (Wildman–Crippen MR) is 116 cm³/mol. The third-order valence-corrected chi connectivity index (χ3v) is 5.04. The van der Waals surface area contributed by atoms with Gasteiger partial charge in [-0.15, -0.1) is 0 Å². The number of amides is 1. The minimum atomic E-state index is -0.334. The molecule has 1 heterocycles. The van der Waals surface area contributed by atoms with Crippen molar-refractivity contribution in [2.75, 3.05) is 41.8 Å². The summed E-state index contributed by atoms with van der Waals surface area (Å²) in [5, 5.41) is 6.25. The molecular weight excluding hydrogens is 350 g/mol. The Morgan fingerprint density at radius 3 is 2.11 bits per heavy atom. The van der Waals surface area contributed by atoms with E-state index in [1.165, 1.54) is 5.56 Å². The van der Waals surface area contributed by atoms with Gasteiger partial charge in [-0.2, -0.15) is 0 Å². The van der Waals surface area contributed by atoms with Crippen LogP contribution in [0.25, 0.3) is 0 Å². The van der Waals surface area contributed by atoms with E-state index in [4.69, 9.17) is 4.74 Å². The SMILES string of the molecule is C[C@H](Nc1ccc(C(C)(C)C)cc1)C(=O)Nc1ccc(N2CCOCC2)cc1. The van der Waals surface area contributed by atoms with Crippen molar-refractivity contribution in [3.8, 4) is 0 Å². The van der Waals surface area contributed by atoms with Crippen LogP contribution in [0, 0.1) is 0 Å². The molecule has 1 aliphatic heterocycles. The molecule has 0 saturated carbocycles. The third kappa shape index (κ3) is 5.26. The first kappa shape index (κ1) is 20.2. The Balaban J connectivity index is 1.55. The van der Waals surface area contributed by atoms with Gasteiger partial charge in [0.1, 0.15) is 6.04 Å². The van der Waals surface area contributed by atoms with E-state index in [0.717, 1.165) is 43.4 Å². The van der Waals surface area contributed by atoms with E-state index in [1.54, 1.807) is 0 Å². The average molecular weight is 382 g/mol. The predicted octanol–water partition coefficient (Wildman–Crippen LogP) is 4.26. The fourth-order valence-electron chi connectivity index (χ4n) is 3.21. The molecule has 1 fully saturated rings. The molecule has 150 valence electrons. The van der Waals surface area contributed by atoms with Crippen molar-refractivity contribution >= 4 is 23.0 Å². The van der Waals surface area contributed by atoms with Crippen LogP contribution in [0.4, 0.5) is 17.1 Å². The topological polar surface area (TPSA) is 53.6 Å². The van der Waals surface area contributed by atoms with Gasteiger partial charge in [0.25, 0.3) is 0 Å². The number of carbonyl (C=O) groups is 1. The molecule has 1 amide bonds. The maximum absolute atomic E-state index is 12.5. The number of nitrogens with one attached hydrogen (secondary N) is 2. The zero-order valence-corrected chi connectivity index (χ0v) is 17.3. The van der Waals surface area contributed by atoms with Crippen molar-refractivity contribution in [2.24, 2.45) is 0 Å². The molecule has 1 aliphatic rings. The standard InChI is InChI=1S/C23H31N3O2/c1-17(24-19-7-5-18(6-8-19)23(2,3)4)22(27)25-20-9-11-21(12-10-20)26-13-15-28-16-14-26/h5-12,17,24H,13-16H2,1-4H3,(H,25,27)/t17-/m0/s1. The van der Waals surface area contributed by atoms with Crippen molar-refractivity contribution in [2.45, 2.75) is 39.2 Å². The largest absolute Gasteiger partial charge is 0.378 e. The van der Waals surface area contributed by atoms with Gasteiger partial charge in [-0.05, 0) is 54.3 Å². The fourth-order valence-corrected chi connectivity index (χ4v) is 3.21. The summed E-state index contributed by atoms with van der Waals surface area (Å²) in [7, 11) is 0. The lowest BCUT2D eigenvalue weighted by Gasteiger charge is -2.29. The Labute approximate surface area is 168 Å². The van der Waals surface area contributed by atoms with Gasteiger partial charge in [0, 0.05) is 30.2 Å². The van der Waals surface area contributed by atoms with Crippen LogP contribution in [0.1, 0.15) is 33.3 Å². The fraction of sp³-hybridized carbons (Fsp3) is 0.435. The van der Waals surface area contributed by atoms with Crippen molar-refractivity contribution in [1.82, 2.24) is 0 Å². The van der Waals surface area contributed by atoms with Gasteiger partial charge in [-0.25, -0.2) is 0 Å². The number of carbonyl (C=O) groups excluding carboxylic acids is 1. The molecule has 28 heavy (non-hydrogen) atoms. The van der Waals surface area contributed by atoms with E-state index in [0.29, 0.717) is 0 Å². The average Bonchev–Trinajstić information content (AvgIpc) is 2.69. The van der Waals surface area contributed by atoms with Crippen molar-refractivity contribution in [1.29, 1.82) is 0 Å². The lowest BCUT2D eigenvalue weighted by atomic mass is 9.87. The highest BCUT2D eigenvalue weighted by atomic mass is 16.5. The van der Waals surface area contributed by atoms with Crippen molar-refractivity contribution in [3.63, 3.8) is 0 Å². The van der Waals surface area contributed by atoms with E-state index in [-0.39, 0.29) is 17.4 Å². The minimum Gasteiger partial charge on any atom is -0.378 e. The molecule has 1 atom stereocenters. The number of hydrogen-bond acceptors (Lipinski definition) is 4. The number of anilines is 3. The summed E-state index contributed by atoms with van der Waals surface area (Å²) in [5.41, 5.74) is 4.30. The molecule has 5 nitrogen and oxygen atoms in total. The Hall–Kier alpha value is -2.53. The highest BCUT2D eigenvalue weighted by Gasteiger charge is 2.16. The van der Waals surface area contributed by atoms with Gasteiger partial charge < -0.3 is 20.3 Å². The highest BCUT2D eigenvalue weighted by Crippen LogP contribution is 2.24. The molecule has 0 aromatic heterocycles. The van der Waals surface area contributed by atoms with Crippen LogP contribution < -0.4 is 15.5 Å². The molecule has 5 heteroatoms. The van der Waals surface area contributed by atoms with Crippen LogP contribution in [0.15, 0.2) is 48.5 Å². The normalized spacial score (nSPS) is 15.8. The summed E-state index contributed by atoms with van der Waals surface area (Å²) >= 11 is 0. The Bertz CT molecular complexity index is 773. The number of nitrogens with zero attached hydrogens (tertiary/aromatic N) is 1. The number of rotatable bonds is 5. The van der Waals surface area contributed by atoms with Gasteiger partial charge in [-0.1, -0.05) is 32.9 Å². The van der Waals surface area contributed by atoms with E-state index >= 15 is 0 Å². The molecule has 0 spiro atoms. The van der Waals surface area contributed by atoms with E-state index in [1.807, 2.05) is 43.3 Å². The summed E-state index contributed by atoms with van der Waals surface area (Å²) in [6.07, 6.45) is 0. The minimum absolute atomic E-state index is 0.0565. The summed E-state index contributed by atoms with van der Waals surface area (Å²) < 4.78 is 5.39. The summed E-state index contributed by atoms with van der Waals surface area (Å²) in [6, 6.07) is 15.9. The van der Waals surface area contributed by atoms with Gasteiger partial charge in [0.05, 0.1) is 13.2 Å². The Kier molecular flexibility index (Phi) is 6.25. The maximum atomic E-state index is 12.5. The molecular formula is C23H31N3O2. The number of ether oxygens (including phenoxy) is 1. The number of benzene rings is 2. The molecule has 0 aliphatic carbocycles. The van der Waals surface area contributed by atoms with Crippen LogP contribution in [0.3, 0.4) is 0 Å². The Morgan fingerprint density at radius 2 is 1.54 bits per heavy atom. The highest BCUT2D eigenvalue weighted by molar-refractivity contribution is 5.96. The number of morpholine rings is 1. The zero-order chi connectivity index (χ0) is 20.1. The van der Waals surface area contributed by atoms with Crippen LogP contribution in [0.5, 0.6) is 0 Å². The maximum Gasteiger partial charge on any atom is 0.246 e. The number of hydrogen-bond donors (Lipinski definition) is 2. The molecule has 0 radical (unpaired) electrons. The molecule has 2 aromatic rings. The summed E-state index contributed by atoms with van der Waals surface area (Å²) in [6.45, 7) is 11.8. The molecule has 2 N–H and O–H groups in total. The van der Waals surface area contributed by atoms with E-state index < -0.39 is 0 Å². The monoisotopic (exact) mass is 381 g/mol. The van der Waals surface area contributed by atoms with Crippen LogP contribution in [-0.4, -0.2) is 38.3 Å². The van der Waals surface area contributed by atoms with Gasteiger partial charge in [0.15, 0.2) is 0 Å². The second-order valence-electron chi connectivity index (χ2n) is 8.33. The third-order valence-electron chi connectivity index (χ3n) is 5.04. The van der Waals surface area contributed by atoms with Crippen LogP contribution >= 0.6 is 0 Å². The van der Waals surface area contributed by atoms with E-state index in [2.05, 4.69) is 48.4 Å². The molecule has 2 aromatic carbocycles. The first-order chi connectivity index (χ1) is 13.3. The quantitative estimate of drug-likeness (QED) is 0.813. The van der Waals surface area contributed by atoms with Crippen molar-refractivity contribution in [3.05, 3.63) is 54.1 Å². The smallest absolute Gasteiger partial charge is 0.246 e. The lowest BCUT2D eigenvalue weighted by Crippen LogP contribution is -2.36. The van der Waals surface area contributed by atoms with Crippen LogP contribution in [0.2, 0.25) is 0 Å².